The van der Waals surface area contributed by atoms with Crippen LogP contribution in [0.1, 0.15) is 15.9 Å². The van der Waals surface area contributed by atoms with Crippen molar-refractivity contribution in [2.24, 2.45) is 0 Å². The number of carboxylic acid groups (broad SMARTS) is 1. The lowest BCUT2D eigenvalue weighted by Crippen LogP contribution is -2.02. The number of hydrogen-bond acceptors (Lipinski definition) is 4. The molecule has 0 fully saturated rings. The summed E-state index contributed by atoms with van der Waals surface area (Å²) in [6.07, 6.45) is 0. The molecule has 0 saturated carbocycles. The lowest BCUT2D eigenvalue weighted by atomic mass is 10.1. The zero-order valence-electron chi connectivity index (χ0n) is 7.01. The first kappa shape index (κ1) is 10.5. The monoisotopic (exact) mass is 216 g/mol. The Hall–Kier alpha value is -1.56. The average Bonchev–Trinajstić information content (AvgIpc) is 2.07. The van der Waals surface area contributed by atoms with Crippen LogP contribution < -0.4 is 0 Å². The number of phenols is 1. The molecule has 0 spiro atoms. The van der Waals surface area contributed by atoms with E-state index in [1.165, 1.54) is 12.1 Å². The van der Waals surface area contributed by atoms with E-state index in [1.54, 1.807) is 0 Å². The summed E-state index contributed by atoms with van der Waals surface area (Å²) in [4.78, 5) is 10.6. The van der Waals surface area contributed by atoms with E-state index >= 15 is 0 Å². The maximum Gasteiger partial charge on any atom is 0.336 e. The molecule has 0 aliphatic heterocycles. The Morgan fingerprint density at radius 3 is 2.50 bits per heavy atom. The van der Waals surface area contributed by atoms with Gasteiger partial charge in [-0.1, -0.05) is 6.07 Å². The van der Waals surface area contributed by atoms with E-state index in [0.717, 1.165) is 6.07 Å². The van der Waals surface area contributed by atoms with Crippen LogP contribution in [0.25, 0.3) is 0 Å². The molecule has 1 aromatic carbocycles. The van der Waals surface area contributed by atoms with E-state index in [4.69, 9.17) is 10.2 Å². The highest BCUT2D eigenvalue weighted by atomic mass is 32.2. The molecule has 0 aromatic heterocycles. The van der Waals surface area contributed by atoms with Gasteiger partial charge in [-0.25, -0.2) is 13.2 Å². The van der Waals surface area contributed by atoms with Crippen molar-refractivity contribution in [2.45, 2.75) is 5.75 Å². The third-order valence-corrected chi connectivity index (χ3v) is 2.22. The zero-order chi connectivity index (χ0) is 10.7. The minimum atomic E-state index is -2.67. The van der Waals surface area contributed by atoms with E-state index < -0.39 is 16.7 Å². The number of phenolic OH excluding ortho intramolecular Hbond substituents is 1. The van der Waals surface area contributed by atoms with Gasteiger partial charge in [0, 0.05) is 0 Å². The molecule has 0 saturated heterocycles. The quantitative estimate of drug-likeness (QED) is 0.628. The molecule has 76 valence electrons. The van der Waals surface area contributed by atoms with Crippen molar-refractivity contribution in [1.29, 1.82) is 0 Å². The summed E-state index contributed by atoms with van der Waals surface area (Å²) in [6.45, 7) is 0. The predicted molar refractivity (Wildman–Crippen MR) is 49.1 cm³/mol. The normalized spacial score (nSPS) is 10.4. The summed E-state index contributed by atoms with van der Waals surface area (Å²) >= 11 is 0. The minimum absolute atomic E-state index is 0.173. The Morgan fingerprint density at radius 2 is 2.00 bits per heavy atom. The number of thiol groups is 1. The lowest BCUT2D eigenvalue weighted by Gasteiger charge is -2.02. The molecule has 0 atom stereocenters. The number of aromatic carboxylic acids is 1. The topological polar surface area (TPSA) is 91.7 Å². The molecule has 0 radical (unpaired) electrons. The fraction of sp³-hybridized carbons (Fsp3) is 0.125. The second-order valence-corrected chi connectivity index (χ2v) is 3.62. The average molecular weight is 216 g/mol. The number of hydrogen-bond donors (Lipinski definition) is 3. The smallest absolute Gasteiger partial charge is 0.336 e. The fourth-order valence-electron chi connectivity index (χ4n) is 1.04. The first-order chi connectivity index (χ1) is 6.50. The first-order valence-corrected chi connectivity index (χ1v) is 5.04. The Kier molecular flexibility index (Phi) is 3.08. The van der Waals surface area contributed by atoms with Crippen LogP contribution in [0.2, 0.25) is 0 Å². The molecule has 6 heteroatoms. The summed E-state index contributed by atoms with van der Waals surface area (Å²) in [6, 6.07) is 3.56. The molecule has 1 aromatic rings. The maximum atomic E-state index is 10.6. The SMILES string of the molecule is O=C(O)c1cc(O)ccc1C[SH](=O)=O. The largest absolute Gasteiger partial charge is 0.508 e. The first-order valence-electron chi connectivity index (χ1n) is 3.67. The minimum Gasteiger partial charge on any atom is -0.508 e. The molecule has 5 nitrogen and oxygen atoms in total. The van der Waals surface area contributed by atoms with Crippen LogP contribution in [-0.2, 0) is 16.5 Å². The summed E-state index contributed by atoms with van der Waals surface area (Å²) in [5, 5.41) is 17.7. The second-order valence-electron chi connectivity index (χ2n) is 2.64. The maximum absolute atomic E-state index is 10.6. The van der Waals surface area contributed by atoms with Gasteiger partial charge in [-0.2, -0.15) is 0 Å². The summed E-state index contributed by atoms with van der Waals surface area (Å²) < 4.78 is 20.8. The van der Waals surface area contributed by atoms with Crippen LogP contribution in [0.15, 0.2) is 18.2 Å². The van der Waals surface area contributed by atoms with E-state index in [2.05, 4.69) is 0 Å². The van der Waals surface area contributed by atoms with Gasteiger partial charge in [-0.15, -0.1) is 0 Å². The van der Waals surface area contributed by atoms with E-state index in [1.807, 2.05) is 0 Å². The van der Waals surface area contributed by atoms with E-state index in [0.29, 0.717) is 0 Å². The molecule has 0 bridgehead atoms. The van der Waals surface area contributed by atoms with Crippen LogP contribution in [0.3, 0.4) is 0 Å². The molecule has 0 aliphatic carbocycles. The van der Waals surface area contributed by atoms with Crippen molar-refractivity contribution in [3.63, 3.8) is 0 Å². The molecule has 0 heterocycles. The molecule has 0 aliphatic rings. The number of rotatable bonds is 3. The van der Waals surface area contributed by atoms with Crippen molar-refractivity contribution >= 4 is 16.7 Å². The molecule has 2 N–H and O–H groups in total. The Bertz CT molecular complexity index is 427. The number of carbonyl (C=O) groups is 1. The van der Waals surface area contributed by atoms with Gasteiger partial charge in [-0.05, 0) is 17.7 Å². The summed E-state index contributed by atoms with van der Waals surface area (Å²) in [5.41, 5.74) is -0.0180. The van der Waals surface area contributed by atoms with Crippen LogP contribution in [0.5, 0.6) is 5.75 Å². The third kappa shape index (κ3) is 2.46. The molecule has 14 heavy (non-hydrogen) atoms. The molecule has 1 rings (SSSR count). The second kappa shape index (κ2) is 4.10. The van der Waals surface area contributed by atoms with Gasteiger partial charge >= 0.3 is 5.97 Å². The van der Waals surface area contributed by atoms with Gasteiger partial charge in [0.05, 0.1) is 11.3 Å². The van der Waals surface area contributed by atoms with Crippen molar-refractivity contribution in [1.82, 2.24) is 0 Å². The van der Waals surface area contributed by atoms with Gasteiger partial charge < -0.3 is 10.2 Å². The highest BCUT2D eigenvalue weighted by molar-refractivity contribution is 7.71. The highest BCUT2D eigenvalue weighted by Crippen LogP contribution is 2.17. The van der Waals surface area contributed by atoms with Crippen molar-refractivity contribution in [3.8, 4) is 5.75 Å². The van der Waals surface area contributed by atoms with Gasteiger partial charge in [0.15, 0.2) is 0 Å². The van der Waals surface area contributed by atoms with E-state index in [-0.39, 0.29) is 22.6 Å². The van der Waals surface area contributed by atoms with Crippen LogP contribution in [0.4, 0.5) is 0 Å². The van der Waals surface area contributed by atoms with Gasteiger partial charge in [0.2, 0.25) is 0 Å². The Morgan fingerprint density at radius 1 is 1.36 bits per heavy atom. The van der Waals surface area contributed by atoms with Gasteiger partial charge in [-0.3, -0.25) is 0 Å². The fourth-order valence-corrected chi connectivity index (χ4v) is 1.59. The standard InChI is InChI=1S/C8H8O5S/c9-6-2-1-5(4-14(12)13)7(3-6)8(10)11/h1-3,9,14H,4H2,(H,10,11). The lowest BCUT2D eigenvalue weighted by molar-refractivity contribution is 0.0695. The molecule has 0 amide bonds. The van der Waals surface area contributed by atoms with Crippen molar-refractivity contribution in [2.75, 3.05) is 0 Å². The van der Waals surface area contributed by atoms with Crippen molar-refractivity contribution < 1.29 is 23.4 Å². The van der Waals surface area contributed by atoms with Gasteiger partial charge in [0.1, 0.15) is 16.5 Å². The third-order valence-electron chi connectivity index (χ3n) is 1.62. The molecule has 0 unspecified atom stereocenters. The van der Waals surface area contributed by atoms with Crippen LogP contribution >= 0.6 is 0 Å². The Labute approximate surface area is 81.6 Å². The van der Waals surface area contributed by atoms with Crippen LogP contribution in [0, 0.1) is 0 Å². The Balaban J connectivity index is 3.21. The number of carboxylic acids is 1. The summed E-state index contributed by atoms with van der Waals surface area (Å²) in [5.74, 6) is -1.79. The zero-order valence-corrected chi connectivity index (χ0v) is 7.90. The molecular formula is C8H8O5S. The van der Waals surface area contributed by atoms with Gasteiger partial charge in [0.25, 0.3) is 0 Å². The van der Waals surface area contributed by atoms with E-state index in [9.17, 15) is 13.2 Å². The molecular weight excluding hydrogens is 208 g/mol. The number of benzene rings is 1. The predicted octanol–water partition coefficient (Wildman–Crippen LogP) is 0.202. The number of aromatic hydroxyl groups is 1. The summed E-state index contributed by atoms with van der Waals surface area (Å²) in [7, 11) is -2.67. The van der Waals surface area contributed by atoms with Crippen LogP contribution in [-0.4, -0.2) is 24.6 Å². The highest BCUT2D eigenvalue weighted by Gasteiger charge is 2.11. The van der Waals surface area contributed by atoms with Crippen molar-refractivity contribution in [3.05, 3.63) is 29.3 Å².